The first-order chi connectivity index (χ1) is 7.08. The van der Waals surface area contributed by atoms with Gasteiger partial charge in [-0.05, 0) is 36.8 Å². The van der Waals surface area contributed by atoms with Gasteiger partial charge in [0.1, 0.15) is 0 Å². The summed E-state index contributed by atoms with van der Waals surface area (Å²) >= 11 is 1.89. The molecule has 15 heavy (non-hydrogen) atoms. The molecule has 1 fully saturated rings. The monoisotopic (exact) mass is 221 g/mol. The van der Waals surface area contributed by atoms with Crippen LogP contribution in [0.25, 0.3) is 0 Å². The molecule has 0 spiro atoms. The quantitative estimate of drug-likeness (QED) is 0.716. The van der Waals surface area contributed by atoms with Crippen LogP contribution < -0.4 is 5.32 Å². The Balaban J connectivity index is 2.05. The molecule has 2 heterocycles. The van der Waals surface area contributed by atoms with Crippen molar-refractivity contribution in [2.75, 3.05) is 0 Å². The maximum absolute atomic E-state index is 11.5. The van der Waals surface area contributed by atoms with Crippen molar-refractivity contribution >= 4 is 17.2 Å². The third-order valence-electron chi connectivity index (χ3n) is 3.77. The molecule has 1 aliphatic heterocycles. The fourth-order valence-electron chi connectivity index (χ4n) is 2.93. The Morgan fingerprint density at radius 1 is 1.60 bits per heavy atom. The molecule has 0 unspecified atom stereocenters. The number of hydrogen-bond acceptors (Lipinski definition) is 2. The number of aryl methyl sites for hydroxylation is 1. The minimum Gasteiger partial charge on any atom is -0.349 e. The van der Waals surface area contributed by atoms with E-state index >= 15 is 0 Å². The molecule has 0 radical (unpaired) electrons. The highest BCUT2D eigenvalue weighted by molar-refractivity contribution is 7.12. The van der Waals surface area contributed by atoms with E-state index in [0.29, 0.717) is 6.42 Å². The molecule has 0 aromatic carbocycles. The lowest BCUT2D eigenvalue weighted by Crippen LogP contribution is -2.42. The zero-order valence-corrected chi connectivity index (χ0v) is 9.91. The molecular weight excluding hydrogens is 206 g/mol. The summed E-state index contributed by atoms with van der Waals surface area (Å²) in [6, 6.07) is 2.53. The van der Waals surface area contributed by atoms with Crippen LogP contribution in [0.4, 0.5) is 0 Å². The van der Waals surface area contributed by atoms with E-state index in [-0.39, 0.29) is 17.4 Å². The van der Waals surface area contributed by atoms with Gasteiger partial charge >= 0.3 is 0 Å². The van der Waals surface area contributed by atoms with Crippen LogP contribution in [0.5, 0.6) is 0 Å². The molecule has 1 aromatic rings. The van der Waals surface area contributed by atoms with Gasteiger partial charge in [-0.25, -0.2) is 0 Å². The molecule has 1 amide bonds. The second-order valence-corrected chi connectivity index (χ2v) is 6.41. The van der Waals surface area contributed by atoms with Crippen LogP contribution in [0.15, 0.2) is 6.07 Å². The minimum atomic E-state index is 0.217. The summed E-state index contributed by atoms with van der Waals surface area (Å²) in [6.45, 7) is 4.45. The number of rotatable bonds is 0. The van der Waals surface area contributed by atoms with Gasteiger partial charge in [-0.3, -0.25) is 4.79 Å². The lowest BCUT2D eigenvalue weighted by Gasteiger charge is -2.36. The van der Waals surface area contributed by atoms with Gasteiger partial charge < -0.3 is 5.32 Å². The summed E-state index contributed by atoms with van der Waals surface area (Å²) in [5, 5.41) is 3.16. The Kier molecular flexibility index (Phi) is 1.78. The second kappa shape index (κ2) is 2.85. The fourth-order valence-corrected chi connectivity index (χ4v) is 4.20. The number of piperidine rings is 1. The maximum atomic E-state index is 11.5. The summed E-state index contributed by atoms with van der Waals surface area (Å²) in [4.78, 5) is 14.3. The molecule has 2 aliphatic rings. The van der Waals surface area contributed by atoms with Crippen molar-refractivity contribution in [1.82, 2.24) is 5.32 Å². The molecule has 2 nitrogen and oxygen atoms in total. The largest absolute Gasteiger partial charge is 0.349 e. The number of nitrogens with one attached hydrogen (secondary N) is 1. The average molecular weight is 221 g/mol. The first kappa shape index (κ1) is 9.40. The minimum absolute atomic E-state index is 0.217. The Morgan fingerprint density at radius 3 is 3.20 bits per heavy atom. The van der Waals surface area contributed by atoms with Crippen LogP contribution in [-0.2, 0) is 11.2 Å². The van der Waals surface area contributed by atoms with Crippen molar-refractivity contribution in [3.63, 3.8) is 0 Å². The number of hydrogen-bond donors (Lipinski definition) is 1. The molecule has 1 aromatic heterocycles. The highest BCUT2D eigenvalue weighted by Gasteiger charge is 2.46. The Labute approximate surface area is 93.7 Å². The summed E-state index contributed by atoms with van der Waals surface area (Å²) in [5.74, 6) is 0.217. The second-order valence-electron chi connectivity index (χ2n) is 5.07. The number of carbonyl (C=O) groups excluding carboxylic acids is 1. The standard InChI is InChI=1S/C12H15NOS/c1-7-5-8-9(15-7)6-12(2)4-3-10(14)13-11(8)12/h5,11H,3-4,6H2,1-2H3,(H,13,14)/t11-,12+/m1/s1. The predicted molar refractivity (Wildman–Crippen MR) is 61.0 cm³/mol. The van der Waals surface area contributed by atoms with E-state index in [0.717, 1.165) is 12.8 Å². The van der Waals surface area contributed by atoms with Crippen molar-refractivity contribution in [3.05, 3.63) is 21.4 Å². The highest BCUT2D eigenvalue weighted by atomic mass is 32.1. The van der Waals surface area contributed by atoms with Gasteiger partial charge in [0.2, 0.25) is 5.91 Å². The smallest absolute Gasteiger partial charge is 0.220 e. The molecule has 1 N–H and O–H groups in total. The normalized spacial score (nSPS) is 33.5. The van der Waals surface area contributed by atoms with Gasteiger partial charge in [0.25, 0.3) is 0 Å². The summed E-state index contributed by atoms with van der Waals surface area (Å²) < 4.78 is 0. The van der Waals surface area contributed by atoms with Crippen molar-refractivity contribution in [2.45, 2.75) is 39.2 Å². The van der Waals surface area contributed by atoms with Crippen molar-refractivity contribution in [1.29, 1.82) is 0 Å². The van der Waals surface area contributed by atoms with Crippen molar-refractivity contribution in [3.8, 4) is 0 Å². The molecule has 3 heteroatoms. The third-order valence-corrected chi connectivity index (χ3v) is 4.83. The topological polar surface area (TPSA) is 29.1 Å². The average Bonchev–Trinajstić information content (AvgIpc) is 2.61. The van der Waals surface area contributed by atoms with Crippen molar-refractivity contribution in [2.24, 2.45) is 5.41 Å². The molecule has 3 rings (SSSR count). The van der Waals surface area contributed by atoms with E-state index in [1.807, 2.05) is 11.3 Å². The number of carbonyl (C=O) groups is 1. The van der Waals surface area contributed by atoms with Crippen LogP contribution in [0, 0.1) is 12.3 Å². The molecular formula is C12H15NOS. The summed E-state index contributed by atoms with van der Waals surface area (Å²) in [6.07, 6.45) is 2.87. The molecule has 1 aliphatic carbocycles. The molecule has 80 valence electrons. The predicted octanol–water partition coefficient (Wildman–Crippen LogP) is 2.57. The zero-order valence-electron chi connectivity index (χ0n) is 9.09. The first-order valence-corrected chi connectivity index (χ1v) is 6.29. The lowest BCUT2D eigenvalue weighted by molar-refractivity contribution is -0.125. The van der Waals surface area contributed by atoms with Crippen LogP contribution in [0.1, 0.15) is 41.1 Å². The Morgan fingerprint density at radius 2 is 2.40 bits per heavy atom. The summed E-state index contributed by atoms with van der Waals surface area (Å²) in [5.41, 5.74) is 1.66. The Bertz CT molecular complexity index is 437. The van der Waals surface area contributed by atoms with E-state index in [1.54, 1.807) is 0 Å². The SMILES string of the molecule is Cc1cc2c(s1)C[C@]1(C)CCC(=O)N[C@H]21. The molecule has 2 atom stereocenters. The van der Waals surface area contributed by atoms with E-state index in [1.165, 1.54) is 15.3 Å². The van der Waals surface area contributed by atoms with E-state index in [2.05, 4.69) is 25.2 Å². The van der Waals surface area contributed by atoms with Gasteiger partial charge in [0, 0.05) is 16.2 Å². The van der Waals surface area contributed by atoms with E-state index < -0.39 is 0 Å². The van der Waals surface area contributed by atoms with E-state index in [9.17, 15) is 4.79 Å². The molecule has 1 saturated heterocycles. The first-order valence-electron chi connectivity index (χ1n) is 5.47. The number of thiophene rings is 1. The third kappa shape index (κ3) is 1.26. The van der Waals surface area contributed by atoms with Gasteiger partial charge in [0.15, 0.2) is 0 Å². The molecule has 0 saturated carbocycles. The van der Waals surface area contributed by atoms with Gasteiger partial charge in [-0.1, -0.05) is 6.92 Å². The number of amides is 1. The van der Waals surface area contributed by atoms with E-state index in [4.69, 9.17) is 0 Å². The number of fused-ring (bicyclic) bond motifs is 3. The van der Waals surface area contributed by atoms with Crippen LogP contribution in [-0.4, -0.2) is 5.91 Å². The highest BCUT2D eigenvalue weighted by Crippen LogP contribution is 2.52. The van der Waals surface area contributed by atoms with Gasteiger partial charge in [-0.15, -0.1) is 11.3 Å². The Hall–Kier alpha value is -0.830. The lowest BCUT2D eigenvalue weighted by atomic mass is 9.76. The summed E-state index contributed by atoms with van der Waals surface area (Å²) in [7, 11) is 0. The maximum Gasteiger partial charge on any atom is 0.220 e. The fraction of sp³-hybridized carbons (Fsp3) is 0.583. The van der Waals surface area contributed by atoms with Gasteiger partial charge in [-0.2, -0.15) is 0 Å². The van der Waals surface area contributed by atoms with Gasteiger partial charge in [0.05, 0.1) is 6.04 Å². The van der Waals surface area contributed by atoms with Crippen LogP contribution in [0.3, 0.4) is 0 Å². The van der Waals surface area contributed by atoms with Crippen LogP contribution >= 0.6 is 11.3 Å². The zero-order chi connectivity index (χ0) is 10.6. The molecule has 0 bridgehead atoms. The van der Waals surface area contributed by atoms with Crippen molar-refractivity contribution < 1.29 is 4.79 Å². The van der Waals surface area contributed by atoms with Crippen LogP contribution in [0.2, 0.25) is 0 Å².